The number of nitrogens with one attached hydrogen (secondary N) is 1. The van der Waals surface area contributed by atoms with Crippen LogP contribution in [0.3, 0.4) is 0 Å². The van der Waals surface area contributed by atoms with Gasteiger partial charge in [-0.1, -0.05) is 27.7 Å². The molecule has 0 aromatic heterocycles. The first-order valence-corrected chi connectivity index (χ1v) is 11.8. The van der Waals surface area contributed by atoms with Crippen LogP contribution in [0, 0.1) is 11.8 Å². The van der Waals surface area contributed by atoms with Gasteiger partial charge in [-0.3, -0.25) is 9.59 Å². The fourth-order valence-electron chi connectivity index (χ4n) is 4.18. The molecule has 6 nitrogen and oxygen atoms in total. The second kappa shape index (κ2) is 12.1. The Bertz CT molecular complexity index is 723. The zero-order valence-corrected chi connectivity index (χ0v) is 20.2. The number of anilines is 2. The molecule has 0 bridgehead atoms. The van der Waals surface area contributed by atoms with Crippen molar-refractivity contribution in [3.05, 3.63) is 23.8 Å². The molecule has 1 aromatic carbocycles. The van der Waals surface area contributed by atoms with Crippen LogP contribution in [0.25, 0.3) is 0 Å². The van der Waals surface area contributed by atoms with Gasteiger partial charge in [-0.25, -0.2) is 0 Å². The van der Waals surface area contributed by atoms with Gasteiger partial charge >= 0.3 is 0 Å². The van der Waals surface area contributed by atoms with Crippen molar-refractivity contribution in [2.45, 2.75) is 72.4 Å². The molecule has 0 spiro atoms. The number of hydrogen-bond donors (Lipinski definition) is 1. The van der Waals surface area contributed by atoms with E-state index in [1.807, 2.05) is 51.0 Å². The van der Waals surface area contributed by atoms with Crippen LogP contribution in [-0.2, 0) is 20.9 Å². The van der Waals surface area contributed by atoms with Gasteiger partial charge in [-0.15, -0.1) is 0 Å². The van der Waals surface area contributed by atoms with E-state index < -0.39 is 0 Å². The van der Waals surface area contributed by atoms with E-state index in [1.54, 1.807) is 0 Å². The minimum atomic E-state index is 0.0165. The zero-order chi connectivity index (χ0) is 23.0. The van der Waals surface area contributed by atoms with Crippen LogP contribution in [0.4, 0.5) is 11.4 Å². The first-order chi connectivity index (χ1) is 14.7. The van der Waals surface area contributed by atoms with E-state index in [9.17, 15) is 9.59 Å². The fourth-order valence-corrected chi connectivity index (χ4v) is 4.18. The quantitative estimate of drug-likeness (QED) is 0.553. The topological polar surface area (TPSA) is 61.9 Å². The maximum Gasteiger partial charge on any atom is 0.226 e. The van der Waals surface area contributed by atoms with Crippen molar-refractivity contribution in [2.24, 2.45) is 11.8 Å². The third kappa shape index (κ3) is 7.53. The summed E-state index contributed by atoms with van der Waals surface area (Å²) in [5.41, 5.74) is 2.86. The molecule has 1 aliphatic heterocycles. The number of rotatable bonds is 11. The number of carbonyl (C=O) groups excluding carboxylic acids is 2. The molecule has 6 heteroatoms. The van der Waals surface area contributed by atoms with Crippen LogP contribution in [-0.4, -0.2) is 50.1 Å². The molecule has 2 amide bonds. The number of amides is 2. The minimum absolute atomic E-state index is 0.0165. The van der Waals surface area contributed by atoms with E-state index in [2.05, 4.69) is 24.1 Å². The highest BCUT2D eigenvalue weighted by Crippen LogP contribution is 2.27. The Morgan fingerprint density at radius 1 is 1.19 bits per heavy atom. The molecule has 1 heterocycles. The molecule has 1 atom stereocenters. The molecule has 1 N–H and O–H groups in total. The van der Waals surface area contributed by atoms with Crippen LogP contribution < -0.4 is 10.2 Å². The van der Waals surface area contributed by atoms with Gasteiger partial charge in [-0.2, -0.15) is 0 Å². The predicted molar refractivity (Wildman–Crippen MR) is 127 cm³/mol. The summed E-state index contributed by atoms with van der Waals surface area (Å²) < 4.78 is 5.85. The molecule has 174 valence electrons. The Kier molecular flexibility index (Phi) is 9.82. The maximum absolute atomic E-state index is 13.3. The van der Waals surface area contributed by atoms with Gasteiger partial charge in [0.2, 0.25) is 11.8 Å². The van der Waals surface area contributed by atoms with Gasteiger partial charge in [0.15, 0.2) is 0 Å². The molecule has 2 rings (SSSR count). The largest absolute Gasteiger partial charge is 0.377 e. The minimum Gasteiger partial charge on any atom is -0.377 e. The van der Waals surface area contributed by atoms with Crippen molar-refractivity contribution < 1.29 is 14.3 Å². The summed E-state index contributed by atoms with van der Waals surface area (Å²) >= 11 is 0. The molecule has 1 saturated heterocycles. The molecule has 31 heavy (non-hydrogen) atoms. The average molecular weight is 432 g/mol. The van der Waals surface area contributed by atoms with Gasteiger partial charge < -0.3 is 19.9 Å². The predicted octanol–water partition coefficient (Wildman–Crippen LogP) is 4.68. The van der Waals surface area contributed by atoms with E-state index in [-0.39, 0.29) is 23.8 Å². The van der Waals surface area contributed by atoms with Crippen LogP contribution >= 0.6 is 0 Å². The highest BCUT2D eigenvalue weighted by molar-refractivity contribution is 5.91. The molecule has 1 aromatic rings. The Balaban J connectivity index is 2.29. The summed E-state index contributed by atoms with van der Waals surface area (Å²) in [7, 11) is 4.01. The first-order valence-electron chi connectivity index (χ1n) is 11.8. The number of carbonyl (C=O) groups is 2. The Labute approximate surface area is 188 Å². The molecule has 0 aliphatic carbocycles. The molecule has 1 aliphatic rings. The number of ether oxygens (including phenoxy) is 1. The summed E-state index contributed by atoms with van der Waals surface area (Å²) in [6.45, 7) is 10.1. The second-order valence-electron chi connectivity index (χ2n) is 9.25. The van der Waals surface area contributed by atoms with E-state index in [0.717, 1.165) is 49.2 Å². The van der Waals surface area contributed by atoms with Crippen molar-refractivity contribution in [3.8, 4) is 0 Å². The third-order valence-electron chi connectivity index (χ3n) is 5.89. The average Bonchev–Trinajstić information content (AvgIpc) is 3.20. The van der Waals surface area contributed by atoms with E-state index in [0.29, 0.717) is 25.4 Å². The van der Waals surface area contributed by atoms with Crippen LogP contribution in [0.2, 0.25) is 0 Å². The molecule has 0 radical (unpaired) electrons. The standard InChI is InChI=1S/C25H41N3O3/c1-7-19(8-2)25(30)28(17-22-10-9-13-31-22)16-20-15-21(11-12-23(20)27(5)6)26-24(29)14-18(3)4/h11-12,15,18-19,22H,7-10,13-14,16-17H2,1-6H3,(H,26,29)/t22-/m0/s1. The van der Waals surface area contributed by atoms with Crippen LogP contribution in [0.15, 0.2) is 18.2 Å². The monoisotopic (exact) mass is 431 g/mol. The third-order valence-corrected chi connectivity index (χ3v) is 5.89. The summed E-state index contributed by atoms with van der Waals surface area (Å²) in [6.07, 6.45) is 4.32. The van der Waals surface area contributed by atoms with Gasteiger partial charge in [0.1, 0.15) is 0 Å². The lowest BCUT2D eigenvalue weighted by atomic mass is 10.0. The lowest BCUT2D eigenvalue weighted by molar-refractivity contribution is -0.138. The summed E-state index contributed by atoms with van der Waals surface area (Å²) in [5, 5.41) is 3.01. The Morgan fingerprint density at radius 3 is 2.45 bits per heavy atom. The molecular formula is C25H41N3O3. The summed E-state index contributed by atoms with van der Waals surface area (Å²) in [4.78, 5) is 29.7. The maximum atomic E-state index is 13.3. The summed E-state index contributed by atoms with van der Waals surface area (Å²) in [6, 6.07) is 5.96. The Hall–Kier alpha value is -2.08. The Morgan fingerprint density at radius 2 is 1.90 bits per heavy atom. The highest BCUT2D eigenvalue weighted by atomic mass is 16.5. The molecule has 0 unspecified atom stereocenters. The lowest BCUT2D eigenvalue weighted by Crippen LogP contribution is -2.40. The zero-order valence-electron chi connectivity index (χ0n) is 20.2. The van der Waals surface area contributed by atoms with E-state index >= 15 is 0 Å². The van der Waals surface area contributed by atoms with Gasteiger partial charge in [0, 0.05) is 57.5 Å². The van der Waals surface area contributed by atoms with Crippen molar-refractivity contribution in [3.63, 3.8) is 0 Å². The van der Waals surface area contributed by atoms with E-state index in [1.165, 1.54) is 0 Å². The van der Waals surface area contributed by atoms with Crippen molar-refractivity contribution >= 4 is 23.2 Å². The highest BCUT2D eigenvalue weighted by Gasteiger charge is 2.27. The first kappa shape index (κ1) is 25.2. The summed E-state index contributed by atoms with van der Waals surface area (Å²) in [5.74, 6) is 0.542. The van der Waals surface area contributed by atoms with Gasteiger partial charge in [0.05, 0.1) is 6.10 Å². The van der Waals surface area contributed by atoms with Gasteiger partial charge in [0.25, 0.3) is 0 Å². The number of hydrogen-bond acceptors (Lipinski definition) is 4. The van der Waals surface area contributed by atoms with Crippen molar-refractivity contribution in [1.82, 2.24) is 4.90 Å². The van der Waals surface area contributed by atoms with Gasteiger partial charge in [-0.05, 0) is 55.4 Å². The normalized spacial score (nSPS) is 16.1. The molecular weight excluding hydrogens is 390 g/mol. The SMILES string of the molecule is CCC(CC)C(=O)N(Cc1cc(NC(=O)CC(C)C)ccc1N(C)C)C[C@@H]1CCCO1. The van der Waals surface area contributed by atoms with Crippen LogP contribution in [0.1, 0.15) is 65.4 Å². The number of benzene rings is 1. The van der Waals surface area contributed by atoms with Crippen LogP contribution in [0.5, 0.6) is 0 Å². The molecule has 0 saturated carbocycles. The second-order valence-corrected chi connectivity index (χ2v) is 9.25. The lowest BCUT2D eigenvalue weighted by Gasteiger charge is -2.30. The molecule has 1 fully saturated rings. The smallest absolute Gasteiger partial charge is 0.226 e. The van der Waals surface area contributed by atoms with E-state index in [4.69, 9.17) is 4.74 Å². The fraction of sp³-hybridized carbons (Fsp3) is 0.680. The number of nitrogens with zero attached hydrogens (tertiary/aromatic N) is 2. The van der Waals surface area contributed by atoms with Crippen molar-refractivity contribution in [2.75, 3.05) is 37.5 Å². The van der Waals surface area contributed by atoms with Crippen molar-refractivity contribution in [1.29, 1.82) is 0 Å².